The third kappa shape index (κ3) is 3.36. The maximum absolute atomic E-state index is 12.8. The Kier molecular flexibility index (Phi) is 4.85. The van der Waals surface area contributed by atoms with Crippen LogP contribution in [-0.2, 0) is 9.53 Å². The van der Waals surface area contributed by atoms with Crippen molar-refractivity contribution in [1.82, 2.24) is 4.90 Å². The molecule has 1 aliphatic heterocycles. The summed E-state index contributed by atoms with van der Waals surface area (Å²) in [6.45, 7) is 1.81. The zero-order valence-electron chi connectivity index (χ0n) is 12.8. The molecule has 5 heteroatoms. The second-order valence-electron chi connectivity index (χ2n) is 6.38. The quantitative estimate of drug-likeness (QED) is 0.874. The van der Waals surface area contributed by atoms with Crippen LogP contribution in [0.2, 0.25) is 0 Å². The van der Waals surface area contributed by atoms with Crippen LogP contribution in [0.1, 0.15) is 43.8 Å². The molecule has 0 bridgehead atoms. The highest BCUT2D eigenvalue weighted by Crippen LogP contribution is 2.30. The Morgan fingerprint density at radius 2 is 1.91 bits per heavy atom. The number of rotatable bonds is 2. The number of halogens is 1. The minimum absolute atomic E-state index is 0.0574. The molecule has 0 radical (unpaired) electrons. The van der Waals surface area contributed by atoms with Crippen molar-refractivity contribution in [3.63, 3.8) is 0 Å². The maximum atomic E-state index is 12.8. The Labute approximate surface area is 140 Å². The highest BCUT2D eigenvalue weighted by atomic mass is 79.9. The largest absolute Gasteiger partial charge is 0.370 e. The van der Waals surface area contributed by atoms with Crippen LogP contribution in [0.4, 0.5) is 0 Å². The van der Waals surface area contributed by atoms with E-state index in [1.54, 1.807) is 0 Å². The summed E-state index contributed by atoms with van der Waals surface area (Å²) in [5.41, 5.74) is 6.85. The standard InChI is InChI=1S/C17H23BrN2O2/c18-14-6-4-13(5-7-14)15-12-20(10-11-22-15)16(21)17(19)8-2-1-3-9-17/h4-7,15H,1-3,8-12,19H2. The van der Waals surface area contributed by atoms with E-state index >= 15 is 0 Å². The molecule has 1 saturated carbocycles. The molecule has 1 heterocycles. The van der Waals surface area contributed by atoms with Crippen molar-refractivity contribution in [2.24, 2.45) is 5.73 Å². The first-order valence-electron chi connectivity index (χ1n) is 8.04. The molecule has 1 amide bonds. The van der Waals surface area contributed by atoms with Crippen LogP contribution in [0.3, 0.4) is 0 Å². The minimum Gasteiger partial charge on any atom is -0.370 e. The van der Waals surface area contributed by atoms with E-state index in [-0.39, 0.29) is 12.0 Å². The molecule has 1 saturated heterocycles. The third-order valence-corrected chi connectivity index (χ3v) is 5.30. The predicted molar refractivity (Wildman–Crippen MR) is 89.4 cm³/mol. The van der Waals surface area contributed by atoms with E-state index in [0.717, 1.165) is 35.7 Å². The van der Waals surface area contributed by atoms with Crippen LogP contribution < -0.4 is 5.73 Å². The Hall–Kier alpha value is -0.910. The van der Waals surface area contributed by atoms with Gasteiger partial charge in [-0.25, -0.2) is 0 Å². The van der Waals surface area contributed by atoms with Crippen LogP contribution in [0.5, 0.6) is 0 Å². The normalized spacial score (nSPS) is 25.0. The number of ether oxygens (including phenoxy) is 1. The Morgan fingerprint density at radius 1 is 1.23 bits per heavy atom. The smallest absolute Gasteiger partial charge is 0.242 e. The van der Waals surface area contributed by atoms with Crippen LogP contribution in [-0.4, -0.2) is 36.0 Å². The van der Waals surface area contributed by atoms with Crippen molar-refractivity contribution < 1.29 is 9.53 Å². The van der Waals surface area contributed by atoms with Crippen LogP contribution >= 0.6 is 15.9 Å². The molecule has 4 nitrogen and oxygen atoms in total. The van der Waals surface area contributed by atoms with Gasteiger partial charge in [-0.1, -0.05) is 47.3 Å². The lowest BCUT2D eigenvalue weighted by Crippen LogP contribution is -2.58. The van der Waals surface area contributed by atoms with E-state index in [0.29, 0.717) is 19.7 Å². The van der Waals surface area contributed by atoms with Gasteiger partial charge in [0.05, 0.1) is 18.7 Å². The first-order valence-corrected chi connectivity index (χ1v) is 8.83. The molecule has 0 spiro atoms. The lowest BCUT2D eigenvalue weighted by Gasteiger charge is -2.40. The average Bonchev–Trinajstić information content (AvgIpc) is 2.56. The SMILES string of the molecule is NC1(C(=O)N2CCOC(c3ccc(Br)cc3)C2)CCCCC1. The van der Waals surface area contributed by atoms with E-state index in [1.807, 2.05) is 29.2 Å². The minimum atomic E-state index is -0.653. The predicted octanol–water partition coefficient (Wildman–Crippen LogP) is 3.01. The summed E-state index contributed by atoms with van der Waals surface area (Å²) in [6.07, 6.45) is 4.87. The summed E-state index contributed by atoms with van der Waals surface area (Å²) in [6, 6.07) is 8.10. The molecular formula is C17H23BrN2O2. The van der Waals surface area contributed by atoms with Gasteiger partial charge in [0.1, 0.15) is 6.10 Å². The Bertz CT molecular complexity index is 526. The van der Waals surface area contributed by atoms with Gasteiger partial charge in [0.15, 0.2) is 0 Å². The number of benzene rings is 1. The van der Waals surface area contributed by atoms with Crippen molar-refractivity contribution in [2.75, 3.05) is 19.7 Å². The van der Waals surface area contributed by atoms with Crippen molar-refractivity contribution in [3.05, 3.63) is 34.3 Å². The number of carbonyl (C=O) groups excluding carboxylic acids is 1. The Balaban J connectivity index is 1.69. The van der Waals surface area contributed by atoms with Crippen LogP contribution in [0.25, 0.3) is 0 Å². The van der Waals surface area contributed by atoms with E-state index in [1.165, 1.54) is 6.42 Å². The summed E-state index contributed by atoms with van der Waals surface area (Å²) in [5, 5.41) is 0. The second-order valence-corrected chi connectivity index (χ2v) is 7.29. The molecule has 2 aliphatic rings. The molecule has 1 aliphatic carbocycles. The number of carbonyl (C=O) groups is 1. The molecule has 1 atom stereocenters. The number of nitrogens with two attached hydrogens (primary N) is 1. The number of hydrogen-bond donors (Lipinski definition) is 1. The van der Waals surface area contributed by atoms with Gasteiger partial charge in [-0.2, -0.15) is 0 Å². The Morgan fingerprint density at radius 3 is 2.59 bits per heavy atom. The molecule has 120 valence electrons. The molecule has 1 aromatic rings. The molecule has 1 aromatic carbocycles. The van der Waals surface area contributed by atoms with Gasteiger partial charge in [0.2, 0.25) is 5.91 Å². The number of nitrogens with zero attached hydrogens (tertiary/aromatic N) is 1. The third-order valence-electron chi connectivity index (χ3n) is 4.77. The van der Waals surface area contributed by atoms with E-state index in [2.05, 4.69) is 15.9 Å². The van der Waals surface area contributed by atoms with Gasteiger partial charge in [0, 0.05) is 11.0 Å². The molecule has 22 heavy (non-hydrogen) atoms. The van der Waals surface area contributed by atoms with E-state index in [9.17, 15) is 4.79 Å². The summed E-state index contributed by atoms with van der Waals surface area (Å²) >= 11 is 3.44. The summed E-state index contributed by atoms with van der Waals surface area (Å²) in [4.78, 5) is 14.7. The van der Waals surface area contributed by atoms with E-state index < -0.39 is 5.54 Å². The van der Waals surface area contributed by atoms with Gasteiger partial charge in [-0.15, -0.1) is 0 Å². The van der Waals surface area contributed by atoms with E-state index in [4.69, 9.17) is 10.5 Å². The molecule has 0 aromatic heterocycles. The van der Waals surface area contributed by atoms with Gasteiger partial charge in [-0.05, 0) is 30.5 Å². The van der Waals surface area contributed by atoms with Crippen molar-refractivity contribution in [1.29, 1.82) is 0 Å². The van der Waals surface area contributed by atoms with Crippen molar-refractivity contribution in [2.45, 2.75) is 43.7 Å². The lowest BCUT2D eigenvalue weighted by atomic mass is 9.81. The zero-order chi connectivity index (χ0) is 15.6. The molecule has 3 rings (SSSR count). The highest BCUT2D eigenvalue weighted by molar-refractivity contribution is 9.10. The van der Waals surface area contributed by atoms with Gasteiger partial charge >= 0.3 is 0 Å². The first kappa shape index (κ1) is 16.0. The van der Waals surface area contributed by atoms with Crippen molar-refractivity contribution in [3.8, 4) is 0 Å². The zero-order valence-corrected chi connectivity index (χ0v) is 14.3. The highest BCUT2D eigenvalue weighted by Gasteiger charge is 2.40. The second kappa shape index (κ2) is 6.69. The average molecular weight is 367 g/mol. The van der Waals surface area contributed by atoms with Gasteiger partial charge in [0.25, 0.3) is 0 Å². The summed E-state index contributed by atoms with van der Waals surface area (Å²) in [5.74, 6) is 0.109. The summed E-state index contributed by atoms with van der Waals surface area (Å²) < 4.78 is 6.90. The molecule has 2 N–H and O–H groups in total. The topological polar surface area (TPSA) is 55.6 Å². The maximum Gasteiger partial charge on any atom is 0.242 e. The summed E-state index contributed by atoms with van der Waals surface area (Å²) in [7, 11) is 0. The monoisotopic (exact) mass is 366 g/mol. The number of amides is 1. The fourth-order valence-electron chi connectivity index (χ4n) is 3.42. The lowest BCUT2D eigenvalue weighted by molar-refractivity contribution is -0.146. The van der Waals surface area contributed by atoms with Crippen LogP contribution in [0, 0.1) is 0 Å². The number of hydrogen-bond acceptors (Lipinski definition) is 3. The molecule has 1 unspecified atom stereocenters. The molecule has 2 fully saturated rings. The van der Waals surface area contributed by atoms with Gasteiger partial charge in [-0.3, -0.25) is 4.79 Å². The molecular weight excluding hydrogens is 344 g/mol. The fraction of sp³-hybridized carbons (Fsp3) is 0.588. The first-order chi connectivity index (χ1) is 10.6. The fourth-order valence-corrected chi connectivity index (χ4v) is 3.69. The van der Waals surface area contributed by atoms with Crippen molar-refractivity contribution >= 4 is 21.8 Å². The number of morpholine rings is 1. The van der Waals surface area contributed by atoms with Crippen LogP contribution in [0.15, 0.2) is 28.7 Å². The van der Waals surface area contributed by atoms with Gasteiger partial charge < -0.3 is 15.4 Å².